The fourth-order valence-corrected chi connectivity index (χ4v) is 2.93. The fourth-order valence-electron chi connectivity index (χ4n) is 2.93. The van der Waals surface area contributed by atoms with Gasteiger partial charge in [-0.1, -0.05) is 31.2 Å². The number of anilines is 1. The summed E-state index contributed by atoms with van der Waals surface area (Å²) in [5.41, 5.74) is 2.99. The Bertz CT molecular complexity index is 858. The Morgan fingerprint density at radius 1 is 0.960 bits per heavy atom. The number of benzene rings is 2. The lowest BCUT2D eigenvalue weighted by Gasteiger charge is -2.28. The van der Waals surface area contributed by atoms with Gasteiger partial charge in [0.2, 0.25) is 0 Å². The molecule has 1 saturated heterocycles. The fraction of sp³-hybridized carbons (Fsp3) is 0.300. The summed E-state index contributed by atoms with van der Waals surface area (Å²) in [6, 6.07) is 16.0. The minimum Gasteiger partial charge on any atom is -0.436 e. The van der Waals surface area contributed by atoms with Crippen molar-refractivity contribution in [2.45, 2.75) is 13.3 Å². The molecule has 0 atom stereocenters. The predicted molar refractivity (Wildman–Crippen MR) is 98.5 cm³/mol. The van der Waals surface area contributed by atoms with E-state index in [1.807, 2.05) is 36.4 Å². The summed E-state index contributed by atoms with van der Waals surface area (Å²) in [6.07, 6.45) is 1.01. The van der Waals surface area contributed by atoms with E-state index in [4.69, 9.17) is 19.4 Å². The highest BCUT2D eigenvalue weighted by atomic mass is 16.5. The third-order valence-electron chi connectivity index (χ3n) is 4.38. The number of aryl methyl sites for hydroxylation is 1. The van der Waals surface area contributed by atoms with Crippen molar-refractivity contribution in [1.29, 1.82) is 0 Å². The van der Waals surface area contributed by atoms with Gasteiger partial charge in [0.25, 0.3) is 5.88 Å². The van der Waals surface area contributed by atoms with Gasteiger partial charge in [-0.25, -0.2) is 9.97 Å². The number of aromatic nitrogens is 2. The Kier molecular flexibility index (Phi) is 4.48. The first-order valence-electron chi connectivity index (χ1n) is 8.70. The molecule has 0 N–H and O–H groups in total. The molecule has 1 fully saturated rings. The number of fused-ring (bicyclic) bond motifs is 1. The Labute approximate surface area is 147 Å². The van der Waals surface area contributed by atoms with Gasteiger partial charge >= 0.3 is 0 Å². The molecule has 0 amide bonds. The Hall–Kier alpha value is -2.66. The van der Waals surface area contributed by atoms with Gasteiger partial charge in [-0.2, -0.15) is 0 Å². The van der Waals surface area contributed by atoms with Gasteiger partial charge < -0.3 is 14.4 Å². The van der Waals surface area contributed by atoms with Crippen molar-refractivity contribution < 1.29 is 9.47 Å². The van der Waals surface area contributed by atoms with E-state index in [-0.39, 0.29) is 0 Å². The third kappa shape index (κ3) is 3.42. The molecule has 2 heterocycles. The molecule has 2 aromatic carbocycles. The van der Waals surface area contributed by atoms with Crippen LogP contribution in [-0.2, 0) is 11.2 Å². The minimum absolute atomic E-state index is 0.546. The summed E-state index contributed by atoms with van der Waals surface area (Å²) in [4.78, 5) is 11.7. The molecule has 1 aliphatic heterocycles. The van der Waals surface area contributed by atoms with Crippen molar-refractivity contribution in [3.8, 4) is 11.6 Å². The molecule has 1 aliphatic rings. The second-order valence-electron chi connectivity index (χ2n) is 6.04. The second kappa shape index (κ2) is 7.07. The molecule has 25 heavy (non-hydrogen) atoms. The molecule has 0 saturated carbocycles. The number of nitrogens with zero attached hydrogens (tertiary/aromatic N) is 3. The zero-order valence-corrected chi connectivity index (χ0v) is 14.3. The first kappa shape index (κ1) is 15.8. The van der Waals surface area contributed by atoms with Crippen molar-refractivity contribution in [3.63, 3.8) is 0 Å². The molecule has 1 aromatic heterocycles. The van der Waals surface area contributed by atoms with E-state index in [0.29, 0.717) is 19.1 Å². The Morgan fingerprint density at radius 2 is 1.64 bits per heavy atom. The SMILES string of the molecule is CCc1ccc(Oc2nc3ccccc3nc2N2CCOCC2)cc1. The van der Waals surface area contributed by atoms with Gasteiger partial charge in [0, 0.05) is 13.1 Å². The maximum Gasteiger partial charge on any atom is 0.263 e. The molecule has 0 radical (unpaired) electrons. The first-order chi connectivity index (χ1) is 12.3. The Morgan fingerprint density at radius 3 is 2.32 bits per heavy atom. The van der Waals surface area contributed by atoms with Crippen LogP contribution in [0.4, 0.5) is 5.82 Å². The monoisotopic (exact) mass is 335 g/mol. The van der Waals surface area contributed by atoms with Gasteiger partial charge in [-0.15, -0.1) is 0 Å². The zero-order chi connectivity index (χ0) is 17.1. The maximum atomic E-state index is 6.11. The molecule has 5 heteroatoms. The van der Waals surface area contributed by atoms with Crippen LogP contribution in [0.1, 0.15) is 12.5 Å². The lowest BCUT2D eigenvalue weighted by Crippen LogP contribution is -2.37. The maximum absolute atomic E-state index is 6.11. The largest absolute Gasteiger partial charge is 0.436 e. The molecule has 4 rings (SSSR count). The zero-order valence-electron chi connectivity index (χ0n) is 14.3. The van der Waals surface area contributed by atoms with Gasteiger partial charge in [0.05, 0.1) is 24.2 Å². The van der Waals surface area contributed by atoms with Gasteiger partial charge in [0.1, 0.15) is 5.75 Å². The molecule has 5 nitrogen and oxygen atoms in total. The quantitative estimate of drug-likeness (QED) is 0.725. The van der Waals surface area contributed by atoms with Crippen LogP contribution in [0.2, 0.25) is 0 Å². The standard InChI is InChI=1S/C20H21N3O2/c1-2-15-7-9-16(10-8-15)25-20-19(23-11-13-24-14-12-23)21-17-5-3-4-6-18(17)22-20/h3-10H,2,11-14H2,1H3. The van der Waals surface area contributed by atoms with Crippen LogP contribution < -0.4 is 9.64 Å². The van der Waals surface area contributed by atoms with E-state index in [2.05, 4.69) is 24.0 Å². The minimum atomic E-state index is 0.546. The Balaban J connectivity index is 1.73. The van der Waals surface area contributed by atoms with E-state index in [1.54, 1.807) is 0 Å². The van der Waals surface area contributed by atoms with Crippen LogP contribution in [0.15, 0.2) is 48.5 Å². The van der Waals surface area contributed by atoms with Gasteiger partial charge in [0.15, 0.2) is 5.82 Å². The lowest BCUT2D eigenvalue weighted by molar-refractivity contribution is 0.122. The van der Waals surface area contributed by atoms with Crippen molar-refractivity contribution in [2.75, 3.05) is 31.2 Å². The average Bonchev–Trinajstić information content (AvgIpc) is 2.69. The number of ether oxygens (including phenoxy) is 2. The molecule has 0 unspecified atom stereocenters. The van der Waals surface area contributed by atoms with E-state index in [9.17, 15) is 0 Å². The van der Waals surface area contributed by atoms with Crippen LogP contribution in [0, 0.1) is 0 Å². The highest BCUT2D eigenvalue weighted by molar-refractivity contribution is 5.77. The summed E-state index contributed by atoms with van der Waals surface area (Å²) in [7, 11) is 0. The van der Waals surface area contributed by atoms with Crippen LogP contribution >= 0.6 is 0 Å². The highest BCUT2D eigenvalue weighted by Crippen LogP contribution is 2.31. The smallest absolute Gasteiger partial charge is 0.263 e. The number of para-hydroxylation sites is 2. The molecule has 0 spiro atoms. The van der Waals surface area contributed by atoms with Crippen molar-refractivity contribution in [1.82, 2.24) is 9.97 Å². The first-order valence-corrected chi connectivity index (χ1v) is 8.70. The number of hydrogen-bond acceptors (Lipinski definition) is 5. The van der Waals surface area contributed by atoms with E-state index in [0.717, 1.165) is 42.1 Å². The normalized spacial score (nSPS) is 14.7. The molecule has 0 bridgehead atoms. The van der Waals surface area contributed by atoms with Gasteiger partial charge in [-0.3, -0.25) is 0 Å². The highest BCUT2D eigenvalue weighted by Gasteiger charge is 2.20. The van der Waals surface area contributed by atoms with Crippen LogP contribution in [0.5, 0.6) is 11.6 Å². The molecule has 128 valence electrons. The number of rotatable bonds is 4. The lowest BCUT2D eigenvalue weighted by atomic mass is 10.2. The second-order valence-corrected chi connectivity index (χ2v) is 6.04. The molecular formula is C20H21N3O2. The van der Waals surface area contributed by atoms with E-state index in [1.165, 1.54) is 5.56 Å². The molecule has 0 aliphatic carbocycles. The summed E-state index contributed by atoms with van der Waals surface area (Å²) in [6.45, 7) is 5.11. The summed E-state index contributed by atoms with van der Waals surface area (Å²) >= 11 is 0. The van der Waals surface area contributed by atoms with Crippen molar-refractivity contribution in [3.05, 3.63) is 54.1 Å². The van der Waals surface area contributed by atoms with Crippen molar-refractivity contribution >= 4 is 16.9 Å². The topological polar surface area (TPSA) is 47.5 Å². The summed E-state index contributed by atoms with van der Waals surface area (Å²) in [5.74, 6) is 2.10. The summed E-state index contributed by atoms with van der Waals surface area (Å²) in [5, 5.41) is 0. The molecule has 3 aromatic rings. The molecular weight excluding hydrogens is 314 g/mol. The van der Waals surface area contributed by atoms with E-state index >= 15 is 0 Å². The van der Waals surface area contributed by atoms with Crippen LogP contribution in [0.3, 0.4) is 0 Å². The van der Waals surface area contributed by atoms with Crippen LogP contribution in [0.25, 0.3) is 11.0 Å². The predicted octanol–water partition coefficient (Wildman–Crippen LogP) is 3.82. The average molecular weight is 335 g/mol. The third-order valence-corrected chi connectivity index (χ3v) is 4.38. The summed E-state index contributed by atoms with van der Waals surface area (Å²) < 4.78 is 11.6. The number of hydrogen-bond donors (Lipinski definition) is 0. The number of morpholine rings is 1. The van der Waals surface area contributed by atoms with E-state index < -0.39 is 0 Å². The van der Waals surface area contributed by atoms with Crippen LogP contribution in [-0.4, -0.2) is 36.3 Å². The van der Waals surface area contributed by atoms with Gasteiger partial charge in [-0.05, 0) is 36.2 Å². The van der Waals surface area contributed by atoms with Crippen molar-refractivity contribution in [2.24, 2.45) is 0 Å².